The highest BCUT2D eigenvalue weighted by molar-refractivity contribution is 5.96. The molecule has 1 heterocycles. The first-order valence-corrected chi connectivity index (χ1v) is 4.50. The summed E-state index contributed by atoms with van der Waals surface area (Å²) in [7, 11) is 0. The number of ketones is 1. The lowest BCUT2D eigenvalue weighted by Gasteiger charge is -2.55. The van der Waals surface area contributed by atoms with Gasteiger partial charge < -0.3 is 4.74 Å². The van der Waals surface area contributed by atoms with Crippen LogP contribution in [0, 0.1) is 11.3 Å². The molecule has 0 bridgehead atoms. The monoisotopic (exact) mass is 152 g/mol. The summed E-state index contributed by atoms with van der Waals surface area (Å²) in [6, 6.07) is 0. The zero-order valence-corrected chi connectivity index (χ0v) is 6.51. The lowest BCUT2D eigenvalue weighted by Crippen LogP contribution is -2.63. The van der Waals surface area contributed by atoms with Gasteiger partial charge in [0.15, 0.2) is 0 Å². The molecule has 0 radical (unpaired) electrons. The van der Waals surface area contributed by atoms with E-state index in [1.165, 1.54) is 6.42 Å². The van der Waals surface area contributed by atoms with Gasteiger partial charge in [0.1, 0.15) is 5.78 Å². The number of rotatable bonds is 0. The Bertz CT molecular complexity index is 218. The highest BCUT2D eigenvalue weighted by atomic mass is 16.5. The molecular formula is C9H12O2. The Labute approximate surface area is 65.9 Å². The first-order valence-electron chi connectivity index (χ1n) is 4.50. The summed E-state index contributed by atoms with van der Waals surface area (Å²) >= 11 is 0. The highest BCUT2D eigenvalue weighted by Gasteiger charge is 2.66. The van der Waals surface area contributed by atoms with E-state index in [2.05, 4.69) is 0 Å². The molecule has 0 unspecified atom stereocenters. The first-order chi connectivity index (χ1) is 5.34. The van der Waals surface area contributed by atoms with E-state index in [9.17, 15) is 4.79 Å². The Kier molecular flexibility index (Phi) is 0.947. The van der Waals surface area contributed by atoms with E-state index in [4.69, 9.17) is 4.74 Å². The van der Waals surface area contributed by atoms with E-state index >= 15 is 0 Å². The number of hydrogen-bond acceptors (Lipinski definition) is 2. The van der Waals surface area contributed by atoms with Crippen LogP contribution >= 0.6 is 0 Å². The molecule has 2 heteroatoms. The third-order valence-electron chi connectivity index (χ3n) is 3.71. The molecule has 3 rings (SSSR count). The third kappa shape index (κ3) is 0.496. The maximum absolute atomic E-state index is 11.6. The van der Waals surface area contributed by atoms with Gasteiger partial charge in [-0.25, -0.2) is 0 Å². The molecule has 2 aliphatic carbocycles. The van der Waals surface area contributed by atoms with E-state index in [0.29, 0.717) is 17.8 Å². The van der Waals surface area contributed by atoms with Gasteiger partial charge in [0.2, 0.25) is 0 Å². The average Bonchev–Trinajstić information content (AvgIpc) is 2.29. The number of Topliss-reactive ketones (excluding diaryl/α,β-unsaturated/α-hetero) is 1. The average molecular weight is 152 g/mol. The van der Waals surface area contributed by atoms with Crippen LogP contribution in [0.25, 0.3) is 0 Å². The Balaban J connectivity index is 1.92. The molecule has 3 fully saturated rings. The normalized spacial score (nSPS) is 44.9. The van der Waals surface area contributed by atoms with E-state index in [1.807, 2.05) is 0 Å². The van der Waals surface area contributed by atoms with E-state index < -0.39 is 0 Å². The summed E-state index contributed by atoms with van der Waals surface area (Å²) < 4.78 is 5.56. The topological polar surface area (TPSA) is 26.3 Å². The second-order valence-electron chi connectivity index (χ2n) is 4.06. The van der Waals surface area contributed by atoms with Crippen molar-refractivity contribution in [1.29, 1.82) is 0 Å². The molecule has 0 N–H and O–H groups in total. The van der Waals surface area contributed by atoms with E-state index in [-0.39, 0.29) is 5.41 Å². The number of ether oxygens (including phenoxy) is 1. The van der Waals surface area contributed by atoms with Crippen molar-refractivity contribution in [2.45, 2.75) is 31.8 Å². The minimum Gasteiger partial charge on any atom is -0.376 e. The quantitative estimate of drug-likeness (QED) is 0.520. The van der Waals surface area contributed by atoms with Gasteiger partial charge in [-0.05, 0) is 19.3 Å². The Morgan fingerprint density at radius 1 is 1.45 bits per heavy atom. The fourth-order valence-electron chi connectivity index (χ4n) is 2.90. The lowest BCUT2D eigenvalue weighted by molar-refractivity contribution is -0.178. The van der Waals surface area contributed by atoms with Crippen molar-refractivity contribution in [1.82, 2.24) is 0 Å². The molecule has 2 nitrogen and oxygen atoms in total. The molecule has 2 atom stereocenters. The molecule has 1 saturated heterocycles. The molecule has 0 aromatic carbocycles. The molecule has 1 spiro atoms. The van der Waals surface area contributed by atoms with Crippen LogP contribution in [0.5, 0.6) is 0 Å². The van der Waals surface area contributed by atoms with E-state index in [0.717, 1.165) is 25.9 Å². The van der Waals surface area contributed by atoms with Gasteiger partial charge in [0.05, 0.1) is 11.5 Å². The Morgan fingerprint density at radius 2 is 2.27 bits per heavy atom. The molecule has 60 valence electrons. The minimum absolute atomic E-state index is 0.0428. The molecule has 11 heavy (non-hydrogen) atoms. The first kappa shape index (κ1) is 6.18. The smallest absolute Gasteiger partial charge is 0.147 e. The summed E-state index contributed by atoms with van der Waals surface area (Å²) in [5.74, 6) is 0.821. The lowest BCUT2D eigenvalue weighted by atomic mass is 9.49. The highest BCUT2D eigenvalue weighted by Crippen LogP contribution is 2.59. The second-order valence-corrected chi connectivity index (χ2v) is 4.06. The fraction of sp³-hybridized carbons (Fsp3) is 0.889. The van der Waals surface area contributed by atoms with Gasteiger partial charge in [0.25, 0.3) is 0 Å². The molecule has 1 aliphatic heterocycles. The van der Waals surface area contributed by atoms with Crippen LogP contribution in [0.3, 0.4) is 0 Å². The minimum atomic E-state index is 0.0428. The van der Waals surface area contributed by atoms with Crippen LogP contribution < -0.4 is 0 Å². The molecule has 0 aromatic heterocycles. The van der Waals surface area contributed by atoms with Crippen LogP contribution in [0.4, 0.5) is 0 Å². The number of hydrogen-bond donors (Lipinski definition) is 0. The third-order valence-corrected chi connectivity index (χ3v) is 3.71. The zero-order valence-electron chi connectivity index (χ0n) is 6.51. The second kappa shape index (κ2) is 1.69. The van der Waals surface area contributed by atoms with Crippen molar-refractivity contribution in [3.63, 3.8) is 0 Å². The summed E-state index contributed by atoms with van der Waals surface area (Å²) in [5, 5.41) is 0. The molecular weight excluding hydrogens is 140 g/mol. The summed E-state index contributed by atoms with van der Waals surface area (Å²) in [6.45, 7) is 0.822. The van der Waals surface area contributed by atoms with Gasteiger partial charge in [-0.1, -0.05) is 6.42 Å². The van der Waals surface area contributed by atoms with Gasteiger partial charge in [-0.15, -0.1) is 0 Å². The Hall–Kier alpha value is -0.370. The summed E-state index contributed by atoms with van der Waals surface area (Å²) in [5.41, 5.74) is 0.0428. The van der Waals surface area contributed by atoms with Crippen molar-refractivity contribution in [2.24, 2.45) is 11.3 Å². The van der Waals surface area contributed by atoms with Crippen LogP contribution in [-0.4, -0.2) is 18.5 Å². The van der Waals surface area contributed by atoms with Crippen LogP contribution in [-0.2, 0) is 9.53 Å². The molecule has 3 aliphatic rings. The standard InChI is InChI=1S/C9H12O2/c10-7-6-2-5-11-8(6)9(7)3-1-4-9/h6,8H,1-5H2/t6-,8-/m1/s1. The van der Waals surface area contributed by atoms with Crippen molar-refractivity contribution in [3.8, 4) is 0 Å². The number of carbonyl (C=O) groups excluding carboxylic acids is 1. The summed E-state index contributed by atoms with van der Waals surface area (Å²) in [6.07, 6.45) is 4.77. The Morgan fingerprint density at radius 3 is 2.91 bits per heavy atom. The van der Waals surface area contributed by atoms with Crippen molar-refractivity contribution in [2.75, 3.05) is 6.61 Å². The van der Waals surface area contributed by atoms with Crippen molar-refractivity contribution in [3.05, 3.63) is 0 Å². The van der Waals surface area contributed by atoms with Gasteiger partial charge in [-0.3, -0.25) is 4.79 Å². The fourth-order valence-corrected chi connectivity index (χ4v) is 2.90. The van der Waals surface area contributed by atoms with Gasteiger partial charge in [0, 0.05) is 12.5 Å². The van der Waals surface area contributed by atoms with Crippen LogP contribution in [0.1, 0.15) is 25.7 Å². The SMILES string of the molecule is O=C1[C@H]2CCO[C@H]2C12CCC2. The number of fused-ring (bicyclic) bond motifs is 2. The molecule has 0 aromatic rings. The van der Waals surface area contributed by atoms with Crippen LogP contribution in [0.2, 0.25) is 0 Å². The maximum Gasteiger partial charge on any atom is 0.147 e. The number of carbonyl (C=O) groups is 1. The molecule has 0 amide bonds. The van der Waals surface area contributed by atoms with Gasteiger partial charge in [-0.2, -0.15) is 0 Å². The van der Waals surface area contributed by atoms with Crippen molar-refractivity contribution < 1.29 is 9.53 Å². The van der Waals surface area contributed by atoms with Gasteiger partial charge >= 0.3 is 0 Å². The van der Waals surface area contributed by atoms with E-state index in [1.54, 1.807) is 0 Å². The largest absolute Gasteiger partial charge is 0.376 e. The van der Waals surface area contributed by atoms with Crippen molar-refractivity contribution >= 4 is 5.78 Å². The van der Waals surface area contributed by atoms with Crippen LogP contribution in [0.15, 0.2) is 0 Å². The predicted molar refractivity (Wildman–Crippen MR) is 39.1 cm³/mol. The predicted octanol–water partition coefficient (Wildman–Crippen LogP) is 1.14. The zero-order chi connectivity index (χ0) is 7.47. The summed E-state index contributed by atoms with van der Waals surface area (Å²) in [4.78, 5) is 11.6. The molecule has 2 saturated carbocycles. The maximum atomic E-state index is 11.6.